The third kappa shape index (κ3) is 8.16. The number of aliphatic hydroxyl groups is 1. The van der Waals surface area contributed by atoms with Crippen molar-refractivity contribution in [1.82, 2.24) is 14.9 Å². The molecule has 0 aliphatic carbocycles. The number of aliphatic hydroxyl groups excluding tert-OH is 1. The highest BCUT2D eigenvalue weighted by atomic mass is 33.1. The zero-order valence-corrected chi connectivity index (χ0v) is 21.9. The van der Waals surface area contributed by atoms with Gasteiger partial charge in [-0.1, -0.05) is 39.8 Å². The summed E-state index contributed by atoms with van der Waals surface area (Å²) >= 11 is 0. The van der Waals surface area contributed by atoms with E-state index < -0.39 is 41.3 Å². The molecule has 0 bridgehead atoms. The van der Waals surface area contributed by atoms with Gasteiger partial charge >= 0.3 is 17.8 Å². The lowest BCUT2D eigenvalue weighted by Gasteiger charge is -2.23. The van der Waals surface area contributed by atoms with Gasteiger partial charge in [-0.05, 0) is 32.0 Å². The number of rotatable bonds is 11. The summed E-state index contributed by atoms with van der Waals surface area (Å²) < 4.78 is 48.9. The normalized spacial score (nSPS) is 15.7. The molecule has 0 saturated carbocycles. The third-order valence-corrected chi connectivity index (χ3v) is 7.93. The number of ether oxygens (including phenoxy) is 2. The summed E-state index contributed by atoms with van der Waals surface area (Å²) in [6.45, 7) is 2.64. The van der Waals surface area contributed by atoms with Gasteiger partial charge in [-0.15, -0.1) is 0 Å². The first-order valence-electron chi connectivity index (χ1n) is 11.1. The van der Waals surface area contributed by atoms with Crippen molar-refractivity contribution in [3.63, 3.8) is 0 Å². The van der Waals surface area contributed by atoms with Crippen LogP contribution in [0, 0.1) is 0 Å². The highest BCUT2D eigenvalue weighted by molar-refractivity contribution is 8.77. The maximum absolute atomic E-state index is 12.6. The Morgan fingerprint density at radius 2 is 1.95 bits per heavy atom. The summed E-state index contributed by atoms with van der Waals surface area (Å²) in [5.41, 5.74) is -0.284. The van der Waals surface area contributed by atoms with Crippen LogP contribution in [0.25, 0.3) is 0 Å². The fraction of sp³-hybridized carbons (Fsp3) is 0.391. The van der Waals surface area contributed by atoms with Gasteiger partial charge in [0.05, 0.1) is 6.42 Å². The van der Waals surface area contributed by atoms with Crippen LogP contribution in [0.4, 0.5) is 19.0 Å². The maximum Gasteiger partial charge on any atom is 0.471 e. The number of halogens is 3. The summed E-state index contributed by atoms with van der Waals surface area (Å²) in [5, 5.41) is 14.0. The van der Waals surface area contributed by atoms with Crippen LogP contribution in [-0.4, -0.2) is 56.5 Å². The molecule has 0 fully saturated rings. The fourth-order valence-electron chi connectivity index (χ4n) is 3.15. The van der Waals surface area contributed by atoms with Gasteiger partial charge < -0.3 is 25.2 Å². The first kappa shape index (κ1) is 29.4. The second kappa shape index (κ2) is 12.6. The molecule has 1 aromatic carbocycles. The van der Waals surface area contributed by atoms with Crippen LogP contribution < -0.4 is 16.3 Å². The molecule has 0 spiro atoms. The summed E-state index contributed by atoms with van der Waals surface area (Å²) in [6, 6.07) is 9.87. The van der Waals surface area contributed by atoms with E-state index in [0.717, 1.165) is 0 Å². The summed E-state index contributed by atoms with van der Waals surface area (Å²) in [6.07, 6.45) is -4.26. The molecule has 1 aliphatic rings. The number of hydrogen-bond acceptors (Lipinski definition) is 9. The minimum atomic E-state index is -4.95. The molecule has 1 aromatic heterocycles. The molecule has 0 unspecified atom stereocenters. The summed E-state index contributed by atoms with van der Waals surface area (Å²) in [5.74, 6) is -1.86. The van der Waals surface area contributed by atoms with Crippen LogP contribution in [0.15, 0.2) is 58.9 Å². The topological polar surface area (TPSA) is 132 Å². The van der Waals surface area contributed by atoms with Crippen LogP contribution >= 0.6 is 21.6 Å². The Labute approximate surface area is 223 Å². The minimum absolute atomic E-state index is 0.0624. The number of amides is 2. The Kier molecular flexibility index (Phi) is 9.73. The van der Waals surface area contributed by atoms with Crippen molar-refractivity contribution < 1.29 is 37.3 Å². The molecule has 2 amide bonds. The molecule has 3 rings (SSSR count). The molecule has 0 saturated heterocycles. The molecule has 0 radical (unpaired) electrons. The second-order valence-electron chi connectivity index (χ2n) is 8.51. The van der Waals surface area contributed by atoms with E-state index in [1.54, 1.807) is 44.2 Å². The second-order valence-corrected chi connectivity index (χ2v) is 11.5. The van der Waals surface area contributed by atoms with Crippen LogP contribution in [0.1, 0.15) is 36.9 Å². The van der Waals surface area contributed by atoms with Crippen molar-refractivity contribution in [3.05, 3.63) is 70.2 Å². The molecular weight excluding hydrogens is 549 g/mol. The van der Waals surface area contributed by atoms with Gasteiger partial charge in [0, 0.05) is 23.1 Å². The smallest absolute Gasteiger partial charge is 0.471 e. The van der Waals surface area contributed by atoms with Gasteiger partial charge in [-0.2, -0.15) is 18.2 Å². The van der Waals surface area contributed by atoms with Crippen LogP contribution in [0.2, 0.25) is 0 Å². The van der Waals surface area contributed by atoms with E-state index >= 15 is 0 Å². The number of carbonyl (C=O) groups is 2. The lowest BCUT2D eigenvalue weighted by atomic mass is 10.2. The van der Waals surface area contributed by atoms with Crippen LogP contribution in [0.3, 0.4) is 0 Å². The van der Waals surface area contributed by atoms with Crippen molar-refractivity contribution in [2.24, 2.45) is 0 Å². The Balaban J connectivity index is 1.51. The highest BCUT2D eigenvalue weighted by Crippen LogP contribution is 2.38. The van der Waals surface area contributed by atoms with Crippen molar-refractivity contribution in [3.8, 4) is 0 Å². The van der Waals surface area contributed by atoms with E-state index in [0.29, 0.717) is 11.3 Å². The lowest BCUT2D eigenvalue weighted by Crippen LogP contribution is -2.42. The molecular formula is C23H25F3N4O6S2. The van der Waals surface area contributed by atoms with Crippen molar-refractivity contribution in [2.45, 2.75) is 37.4 Å². The predicted molar refractivity (Wildman–Crippen MR) is 136 cm³/mol. The Bertz CT molecular complexity index is 1240. The van der Waals surface area contributed by atoms with Crippen molar-refractivity contribution >= 4 is 39.2 Å². The number of nitrogens with one attached hydrogen (secondary N) is 2. The van der Waals surface area contributed by atoms with Gasteiger partial charge in [-0.3, -0.25) is 14.2 Å². The number of alkyl halides is 3. The lowest BCUT2D eigenvalue weighted by molar-refractivity contribution is -0.173. The summed E-state index contributed by atoms with van der Waals surface area (Å²) in [4.78, 5) is 39.7. The van der Waals surface area contributed by atoms with Crippen LogP contribution in [0.5, 0.6) is 0 Å². The quantitative estimate of drug-likeness (QED) is 0.210. The number of anilines is 1. The number of benzene rings is 1. The Hall–Kier alpha value is -3.17. The molecule has 10 nitrogen and oxygen atoms in total. The molecule has 2 heterocycles. The average molecular weight is 575 g/mol. The molecule has 38 heavy (non-hydrogen) atoms. The Morgan fingerprint density at radius 1 is 1.24 bits per heavy atom. The summed E-state index contributed by atoms with van der Waals surface area (Å²) in [7, 11) is 2.41. The van der Waals surface area contributed by atoms with E-state index in [1.807, 2.05) is 5.32 Å². The number of aromatic nitrogens is 2. The minimum Gasteiger partial charge on any atom is -0.483 e. The largest absolute Gasteiger partial charge is 0.483 e. The van der Waals surface area contributed by atoms with E-state index in [4.69, 9.17) is 9.47 Å². The zero-order valence-electron chi connectivity index (χ0n) is 20.3. The SMILES string of the molecule is CC(C)(CNC(=O)C(F)(F)F)SSCOC1=C(CO)O[C@@H](n2ccc(NC(=O)c3ccccc3)nc2=O)C1. The van der Waals surface area contributed by atoms with Gasteiger partial charge in [0.25, 0.3) is 5.91 Å². The monoisotopic (exact) mass is 574 g/mol. The van der Waals surface area contributed by atoms with Gasteiger partial charge in [0.1, 0.15) is 24.1 Å². The number of hydrogen-bond donors (Lipinski definition) is 3. The van der Waals surface area contributed by atoms with Crippen molar-refractivity contribution in [1.29, 1.82) is 0 Å². The number of carbonyl (C=O) groups excluding carboxylic acids is 2. The van der Waals surface area contributed by atoms with Crippen molar-refractivity contribution in [2.75, 3.05) is 24.4 Å². The van der Waals surface area contributed by atoms with E-state index in [1.165, 1.54) is 38.4 Å². The molecule has 2 aromatic rings. The van der Waals surface area contributed by atoms with Gasteiger partial charge in [-0.25, -0.2) is 4.79 Å². The van der Waals surface area contributed by atoms with E-state index in [-0.39, 0.29) is 30.5 Å². The molecule has 3 N–H and O–H groups in total. The Morgan fingerprint density at radius 3 is 2.58 bits per heavy atom. The highest BCUT2D eigenvalue weighted by Gasteiger charge is 2.39. The van der Waals surface area contributed by atoms with E-state index in [2.05, 4.69) is 10.3 Å². The first-order chi connectivity index (χ1) is 17.9. The molecule has 206 valence electrons. The molecule has 1 atom stereocenters. The standard InChI is InChI=1S/C23H25F3N4O6S2/c1-22(2,12-27-20(33)23(24,25)26)38-37-13-35-15-10-18(36-16(15)11-31)30-9-8-17(29-21(30)34)28-19(32)14-6-4-3-5-7-14/h3-9,18,31H,10-13H2,1-2H3,(H,27,33)(H,28,29,32,34)/t18-/m1/s1. The van der Waals surface area contributed by atoms with Gasteiger partial charge in [0.15, 0.2) is 12.0 Å². The fourth-order valence-corrected chi connectivity index (χ4v) is 5.26. The van der Waals surface area contributed by atoms with Gasteiger partial charge in [0.2, 0.25) is 0 Å². The zero-order chi connectivity index (χ0) is 27.9. The third-order valence-electron chi connectivity index (χ3n) is 5.01. The average Bonchev–Trinajstić information content (AvgIpc) is 3.28. The predicted octanol–water partition coefficient (Wildman–Crippen LogP) is 3.43. The first-order valence-corrected chi connectivity index (χ1v) is 13.4. The molecule has 1 aliphatic heterocycles. The number of nitrogens with zero attached hydrogens (tertiary/aromatic N) is 2. The van der Waals surface area contributed by atoms with Crippen LogP contribution in [-0.2, 0) is 14.3 Å². The molecule has 15 heteroatoms. The maximum atomic E-state index is 12.6. The van der Waals surface area contributed by atoms with E-state index in [9.17, 15) is 32.7 Å².